The minimum absolute atomic E-state index is 0.0921. The lowest BCUT2D eigenvalue weighted by Gasteiger charge is -1.92. The average Bonchev–Trinajstić information content (AvgIpc) is 2.43. The van der Waals surface area contributed by atoms with Gasteiger partial charge in [-0.3, -0.25) is 9.78 Å². The van der Waals surface area contributed by atoms with Gasteiger partial charge in [0.1, 0.15) is 0 Å². The van der Waals surface area contributed by atoms with Crippen LogP contribution in [0.2, 0.25) is 5.15 Å². The molecule has 0 aliphatic carbocycles. The Bertz CT molecular complexity index is 721. The summed E-state index contributed by atoms with van der Waals surface area (Å²) in [6, 6.07) is 10.2. The van der Waals surface area contributed by atoms with E-state index in [9.17, 15) is 4.79 Å². The predicted octanol–water partition coefficient (Wildman–Crippen LogP) is 2.24. The van der Waals surface area contributed by atoms with Gasteiger partial charge < -0.3 is 10.7 Å². The molecule has 0 amide bonds. The van der Waals surface area contributed by atoms with Crippen LogP contribution in [0.15, 0.2) is 53.6 Å². The van der Waals surface area contributed by atoms with Crippen molar-refractivity contribution < 1.29 is 0 Å². The monoisotopic (exact) mass is 274 g/mol. The lowest BCUT2D eigenvalue weighted by atomic mass is 10.3. The summed E-state index contributed by atoms with van der Waals surface area (Å²) in [5.41, 5.74) is 7.35. The van der Waals surface area contributed by atoms with Crippen molar-refractivity contribution in [2.45, 2.75) is 0 Å². The third kappa shape index (κ3) is 3.53. The van der Waals surface area contributed by atoms with E-state index in [1.807, 2.05) is 6.07 Å². The molecule has 5 nitrogen and oxygen atoms in total. The Kier molecular flexibility index (Phi) is 4.10. The van der Waals surface area contributed by atoms with Crippen molar-refractivity contribution in [3.8, 4) is 0 Å². The first-order valence-electron chi connectivity index (χ1n) is 5.47. The summed E-state index contributed by atoms with van der Waals surface area (Å²) >= 11 is 5.47. The second-order valence-corrected chi connectivity index (χ2v) is 4.00. The predicted molar refractivity (Wildman–Crippen MR) is 76.0 cm³/mol. The van der Waals surface area contributed by atoms with Crippen LogP contribution in [-0.2, 0) is 0 Å². The van der Waals surface area contributed by atoms with Gasteiger partial charge in [-0.2, -0.15) is 0 Å². The van der Waals surface area contributed by atoms with E-state index < -0.39 is 0 Å². The molecule has 6 heteroatoms. The van der Waals surface area contributed by atoms with Crippen molar-refractivity contribution in [3.63, 3.8) is 0 Å². The highest BCUT2D eigenvalue weighted by Crippen LogP contribution is 2.11. The maximum absolute atomic E-state index is 10.8. The van der Waals surface area contributed by atoms with Crippen molar-refractivity contribution in [3.05, 3.63) is 64.3 Å². The number of nitrogens with two attached hydrogens (primary N) is 1. The lowest BCUT2D eigenvalue weighted by Crippen LogP contribution is -2.02. The zero-order valence-corrected chi connectivity index (χ0v) is 10.6. The lowest BCUT2D eigenvalue weighted by molar-refractivity contribution is 1.27. The van der Waals surface area contributed by atoms with E-state index in [2.05, 4.69) is 15.0 Å². The highest BCUT2D eigenvalue weighted by molar-refractivity contribution is 6.31. The molecule has 0 radical (unpaired) electrons. The summed E-state index contributed by atoms with van der Waals surface area (Å²) in [6.07, 6.45) is 3.29. The largest absolute Gasteiger partial charge is 0.396 e. The van der Waals surface area contributed by atoms with Crippen LogP contribution in [0.25, 0.3) is 11.0 Å². The molecule has 0 saturated carbocycles. The van der Waals surface area contributed by atoms with Gasteiger partial charge in [-0.25, -0.2) is 4.98 Å². The Morgan fingerprint density at radius 1 is 1.05 bits per heavy atom. The maximum atomic E-state index is 10.8. The van der Waals surface area contributed by atoms with Crippen molar-refractivity contribution >= 4 is 28.3 Å². The highest BCUT2D eigenvalue weighted by atomic mass is 35.5. The van der Waals surface area contributed by atoms with Crippen molar-refractivity contribution in [1.82, 2.24) is 15.0 Å². The number of aromatic nitrogens is 3. The Hall–Kier alpha value is -2.40. The third-order valence-corrected chi connectivity index (χ3v) is 2.59. The SMILES string of the molecule is Nc1cccnc1Cl.O=c1ccc2ncccc2[nH]1. The normalized spacial score (nSPS) is 9.74. The van der Waals surface area contributed by atoms with E-state index >= 15 is 0 Å². The van der Waals surface area contributed by atoms with Crippen LogP contribution in [0.3, 0.4) is 0 Å². The Balaban J connectivity index is 0.000000148. The highest BCUT2D eigenvalue weighted by Gasteiger charge is 1.91. The molecule has 0 bridgehead atoms. The van der Waals surface area contributed by atoms with E-state index in [-0.39, 0.29) is 5.56 Å². The molecule has 3 aromatic rings. The average molecular weight is 275 g/mol. The molecular formula is C13H11ClN4O. The van der Waals surface area contributed by atoms with Gasteiger partial charge in [0, 0.05) is 18.5 Å². The zero-order chi connectivity index (χ0) is 13.7. The van der Waals surface area contributed by atoms with E-state index in [0.717, 1.165) is 11.0 Å². The number of nitrogens with one attached hydrogen (secondary N) is 1. The number of halogens is 1. The molecule has 3 aromatic heterocycles. The molecule has 0 atom stereocenters. The Labute approximate surface area is 114 Å². The van der Waals surface area contributed by atoms with Gasteiger partial charge in [0.15, 0.2) is 5.15 Å². The summed E-state index contributed by atoms with van der Waals surface area (Å²) in [7, 11) is 0. The molecule has 0 aliphatic heterocycles. The van der Waals surface area contributed by atoms with Gasteiger partial charge >= 0.3 is 0 Å². The number of nitrogens with zero attached hydrogens (tertiary/aromatic N) is 2. The third-order valence-electron chi connectivity index (χ3n) is 2.28. The maximum Gasteiger partial charge on any atom is 0.248 e. The van der Waals surface area contributed by atoms with E-state index in [0.29, 0.717) is 10.8 Å². The van der Waals surface area contributed by atoms with Crippen LogP contribution in [0.4, 0.5) is 5.69 Å². The first-order chi connectivity index (χ1) is 9.16. The fourth-order valence-corrected chi connectivity index (χ4v) is 1.50. The Morgan fingerprint density at radius 3 is 2.47 bits per heavy atom. The van der Waals surface area contributed by atoms with Crippen molar-refractivity contribution in [2.75, 3.05) is 5.73 Å². The van der Waals surface area contributed by atoms with Crippen molar-refractivity contribution in [1.29, 1.82) is 0 Å². The van der Waals surface area contributed by atoms with Gasteiger partial charge in [-0.15, -0.1) is 0 Å². The van der Waals surface area contributed by atoms with E-state index in [1.54, 1.807) is 36.7 Å². The summed E-state index contributed by atoms with van der Waals surface area (Å²) in [6.45, 7) is 0. The van der Waals surface area contributed by atoms with Crippen LogP contribution in [0, 0.1) is 0 Å². The quantitative estimate of drug-likeness (QED) is 0.616. The molecule has 0 fully saturated rings. The minimum atomic E-state index is -0.0921. The molecule has 3 heterocycles. The molecule has 0 aromatic carbocycles. The number of hydrogen-bond acceptors (Lipinski definition) is 4. The summed E-state index contributed by atoms with van der Waals surface area (Å²) in [5, 5.41) is 0.368. The second kappa shape index (κ2) is 5.97. The molecular weight excluding hydrogens is 264 g/mol. The van der Waals surface area contributed by atoms with E-state index in [4.69, 9.17) is 17.3 Å². The summed E-state index contributed by atoms with van der Waals surface area (Å²) < 4.78 is 0. The number of hydrogen-bond donors (Lipinski definition) is 2. The standard InChI is InChI=1S/C8H6N2O.C5H5ClN2/c11-8-4-3-6-7(10-8)2-1-5-9-6;6-5-4(7)2-1-3-8-5/h1-5H,(H,10,11);1-3H,7H2. The second-order valence-electron chi connectivity index (χ2n) is 3.64. The molecule has 0 aliphatic rings. The first-order valence-corrected chi connectivity index (χ1v) is 5.84. The van der Waals surface area contributed by atoms with Crippen LogP contribution in [-0.4, -0.2) is 15.0 Å². The Morgan fingerprint density at radius 2 is 1.79 bits per heavy atom. The number of pyridine rings is 3. The molecule has 19 heavy (non-hydrogen) atoms. The van der Waals surface area contributed by atoms with Gasteiger partial charge in [0.05, 0.1) is 16.7 Å². The smallest absolute Gasteiger partial charge is 0.248 e. The summed E-state index contributed by atoms with van der Waals surface area (Å²) in [4.78, 5) is 21.2. The molecule has 0 saturated heterocycles. The number of anilines is 1. The number of nitrogen functional groups attached to an aromatic ring is 1. The molecule has 0 unspecified atom stereocenters. The van der Waals surface area contributed by atoms with Crippen LogP contribution in [0.5, 0.6) is 0 Å². The summed E-state index contributed by atoms with van der Waals surface area (Å²) in [5.74, 6) is 0. The number of H-pyrrole nitrogens is 1. The zero-order valence-electron chi connectivity index (χ0n) is 9.88. The first kappa shape index (κ1) is 13.0. The van der Waals surface area contributed by atoms with Crippen LogP contribution >= 0.6 is 11.6 Å². The van der Waals surface area contributed by atoms with Crippen LogP contribution < -0.4 is 11.3 Å². The van der Waals surface area contributed by atoms with Gasteiger partial charge in [0.25, 0.3) is 0 Å². The number of rotatable bonds is 0. The minimum Gasteiger partial charge on any atom is -0.396 e. The van der Waals surface area contributed by atoms with Gasteiger partial charge in [-0.05, 0) is 30.3 Å². The van der Waals surface area contributed by atoms with Crippen LogP contribution in [0.1, 0.15) is 0 Å². The number of aromatic amines is 1. The van der Waals surface area contributed by atoms with Gasteiger partial charge in [0.2, 0.25) is 5.56 Å². The molecule has 3 rings (SSSR count). The van der Waals surface area contributed by atoms with E-state index in [1.165, 1.54) is 6.07 Å². The fraction of sp³-hybridized carbons (Fsp3) is 0. The molecule has 3 N–H and O–H groups in total. The molecule has 0 spiro atoms. The molecule has 96 valence electrons. The van der Waals surface area contributed by atoms with Crippen molar-refractivity contribution in [2.24, 2.45) is 0 Å². The number of fused-ring (bicyclic) bond motifs is 1. The fourth-order valence-electron chi connectivity index (χ4n) is 1.38. The topological polar surface area (TPSA) is 84.7 Å². The van der Waals surface area contributed by atoms with Gasteiger partial charge in [-0.1, -0.05) is 11.6 Å².